The Hall–Kier alpha value is -4.23. The third-order valence-electron chi connectivity index (χ3n) is 7.00. The molecule has 1 atom stereocenters. The number of rotatable bonds is 9. The molecule has 4 aromatic rings. The van der Waals surface area contributed by atoms with Crippen molar-refractivity contribution in [2.45, 2.75) is 26.1 Å². The zero-order chi connectivity index (χ0) is 30.6. The number of para-hydroxylation sites is 2. The van der Waals surface area contributed by atoms with Gasteiger partial charge in [0.25, 0.3) is 5.91 Å². The number of halogens is 1. The minimum atomic E-state index is -2.60. The number of nitrogens with zero attached hydrogens (tertiary/aromatic N) is 4. The number of pyridine rings is 1. The smallest absolute Gasteiger partial charge is 0.311 e. The van der Waals surface area contributed by atoms with E-state index in [1.807, 2.05) is 55.5 Å². The third kappa shape index (κ3) is 9.65. The van der Waals surface area contributed by atoms with Crippen LogP contribution in [0.15, 0.2) is 89.3 Å². The van der Waals surface area contributed by atoms with Crippen molar-refractivity contribution < 1.29 is 27.5 Å². The zero-order valence-corrected chi connectivity index (χ0v) is 24.6. The van der Waals surface area contributed by atoms with E-state index in [1.165, 1.54) is 17.7 Å². The van der Waals surface area contributed by atoms with Crippen molar-refractivity contribution >= 4 is 27.3 Å². The van der Waals surface area contributed by atoms with Crippen molar-refractivity contribution in [3.63, 3.8) is 0 Å². The first-order valence-corrected chi connectivity index (χ1v) is 14.8. The van der Waals surface area contributed by atoms with Crippen LogP contribution in [-0.2, 0) is 28.4 Å². The minimum absolute atomic E-state index is 0.236. The number of benzene rings is 3. The highest BCUT2D eigenvalue weighted by atomic mass is 32.2. The van der Waals surface area contributed by atoms with Crippen molar-refractivity contribution in [3.8, 4) is 5.75 Å². The van der Waals surface area contributed by atoms with Crippen LogP contribution in [-0.4, -0.2) is 73.1 Å². The summed E-state index contributed by atoms with van der Waals surface area (Å²) in [5, 5.41) is 9.96. The lowest BCUT2D eigenvalue weighted by molar-refractivity contribution is -0.135. The zero-order valence-electron chi connectivity index (χ0n) is 23.8. The largest absolute Gasteiger partial charge is 0.489 e. The predicted molar refractivity (Wildman–Crippen MR) is 160 cm³/mol. The van der Waals surface area contributed by atoms with E-state index in [1.54, 1.807) is 22.5 Å². The molecule has 3 aromatic carbocycles. The molecule has 1 fully saturated rings. The molecular weight excluding hydrogens is 573 g/mol. The van der Waals surface area contributed by atoms with Crippen LogP contribution in [0, 0.1) is 12.7 Å². The van der Waals surface area contributed by atoms with E-state index in [4.69, 9.17) is 9.94 Å². The number of piperazine rings is 1. The highest BCUT2D eigenvalue weighted by molar-refractivity contribution is 7.61. The van der Waals surface area contributed by atoms with Crippen molar-refractivity contribution in [1.82, 2.24) is 20.3 Å². The lowest BCUT2D eigenvalue weighted by atomic mass is 10.1. The Morgan fingerprint density at radius 3 is 2.37 bits per heavy atom. The predicted octanol–water partition coefficient (Wildman–Crippen LogP) is 4.00. The number of hydroxylamine groups is 1. The molecule has 10 nitrogen and oxygen atoms in total. The fraction of sp³-hybridized carbons (Fsp3) is 0.290. The molecule has 226 valence electrons. The summed E-state index contributed by atoms with van der Waals surface area (Å²) in [5.41, 5.74) is 5.76. The number of amides is 1. The summed E-state index contributed by atoms with van der Waals surface area (Å²) in [7, 11) is -2.60. The average molecular weight is 608 g/mol. The number of nitrogens with one attached hydrogen (secondary N) is 1. The maximum Gasteiger partial charge on any atom is 0.311 e. The highest BCUT2D eigenvalue weighted by Gasteiger charge is 2.29. The minimum Gasteiger partial charge on any atom is -0.489 e. The first-order chi connectivity index (χ1) is 20.8. The normalized spacial score (nSPS) is 14.3. The van der Waals surface area contributed by atoms with Gasteiger partial charge in [-0.05, 0) is 48.9 Å². The molecule has 1 unspecified atom stereocenters. The number of hydrogen-bond donors (Lipinski definition) is 2. The molecule has 2 N–H and O–H groups in total. The topological polar surface area (TPSA) is 124 Å². The second kappa shape index (κ2) is 15.8. The summed E-state index contributed by atoms with van der Waals surface area (Å²) in [6.45, 7) is 5.38. The standard InChI is InChI=1S/C17H15NO.C14H19FN4O4S/c1-13-11-14(12-19-15-7-3-2-4-8-15)16-9-5-6-10-17(16)18-13;15-12-3-1-11(2-4-12)10-18-5-7-19(8-6-18)13(14(20)17-21)9-16-24(22)23/h2-11H,12H2,1H3;1-4,13,21H,5-10H2,(H,17,20). The van der Waals surface area contributed by atoms with Gasteiger partial charge >= 0.3 is 10.5 Å². The van der Waals surface area contributed by atoms with Crippen LogP contribution in [0.25, 0.3) is 10.9 Å². The molecule has 0 radical (unpaired) electrons. The van der Waals surface area contributed by atoms with Crippen LogP contribution in [0.3, 0.4) is 0 Å². The summed E-state index contributed by atoms with van der Waals surface area (Å²) in [6.07, 6.45) is 0. The van der Waals surface area contributed by atoms with Crippen LogP contribution in [0.1, 0.15) is 16.8 Å². The number of aryl methyl sites for hydroxylation is 1. The molecular formula is C31H34FN5O5S. The van der Waals surface area contributed by atoms with Crippen LogP contribution >= 0.6 is 0 Å². The second-order valence-corrected chi connectivity index (χ2v) is 10.7. The Kier molecular flexibility index (Phi) is 11.7. The Bertz CT molecular complexity index is 1620. The van der Waals surface area contributed by atoms with E-state index in [2.05, 4.69) is 26.4 Å². The summed E-state index contributed by atoms with van der Waals surface area (Å²) >= 11 is 0. The van der Waals surface area contributed by atoms with Gasteiger partial charge in [0.1, 0.15) is 24.2 Å². The van der Waals surface area contributed by atoms with Crippen LogP contribution in [0.4, 0.5) is 4.39 Å². The molecule has 2 heterocycles. The van der Waals surface area contributed by atoms with Gasteiger partial charge in [-0.15, -0.1) is 0 Å². The van der Waals surface area contributed by atoms with Gasteiger partial charge < -0.3 is 4.74 Å². The molecule has 1 saturated heterocycles. The SMILES string of the molecule is Cc1cc(COc2ccccc2)c2ccccc2n1.O=C(NO)C(CN=S(=O)=O)N1CCN(Cc2ccc(F)cc2)CC1. The second-order valence-electron chi connectivity index (χ2n) is 10.0. The number of ether oxygens (including phenoxy) is 1. The number of hydrogen-bond acceptors (Lipinski definition) is 9. The van der Waals surface area contributed by atoms with Gasteiger partial charge in [-0.1, -0.05) is 48.5 Å². The van der Waals surface area contributed by atoms with Gasteiger partial charge in [0.05, 0.1) is 12.1 Å². The molecule has 0 aliphatic carbocycles. The Morgan fingerprint density at radius 1 is 1.02 bits per heavy atom. The molecule has 0 spiro atoms. The molecule has 0 saturated carbocycles. The first kappa shape index (κ1) is 31.7. The fourth-order valence-corrected chi connectivity index (χ4v) is 5.11. The Balaban J connectivity index is 0.000000202. The summed E-state index contributed by atoms with van der Waals surface area (Å²) in [4.78, 5) is 20.2. The van der Waals surface area contributed by atoms with E-state index >= 15 is 0 Å². The molecule has 12 heteroatoms. The van der Waals surface area contributed by atoms with Gasteiger partial charge in [-0.25, -0.2) is 9.87 Å². The lowest BCUT2D eigenvalue weighted by Gasteiger charge is -2.37. The molecule has 43 heavy (non-hydrogen) atoms. The maximum atomic E-state index is 12.9. The van der Waals surface area contributed by atoms with Crippen LogP contribution in [0.5, 0.6) is 5.75 Å². The molecule has 1 amide bonds. The fourth-order valence-electron chi connectivity index (χ4n) is 4.84. The van der Waals surface area contributed by atoms with Gasteiger partial charge in [-0.3, -0.25) is 24.8 Å². The van der Waals surface area contributed by atoms with E-state index in [-0.39, 0.29) is 12.4 Å². The monoisotopic (exact) mass is 607 g/mol. The van der Waals surface area contributed by atoms with Crippen LogP contribution < -0.4 is 10.2 Å². The first-order valence-electron chi connectivity index (χ1n) is 13.8. The van der Waals surface area contributed by atoms with E-state index in [9.17, 15) is 17.6 Å². The third-order valence-corrected chi connectivity index (χ3v) is 7.36. The summed E-state index contributed by atoms with van der Waals surface area (Å²) < 4.78 is 43.2. The quantitative estimate of drug-likeness (QED) is 0.216. The number of fused-ring (bicyclic) bond motifs is 1. The number of aromatic nitrogens is 1. The number of carbonyl (C=O) groups is 1. The van der Waals surface area contributed by atoms with Gasteiger partial charge in [-0.2, -0.15) is 12.8 Å². The Labute approximate surface area is 251 Å². The van der Waals surface area contributed by atoms with Crippen molar-refractivity contribution in [2.24, 2.45) is 4.36 Å². The lowest BCUT2D eigenvalue weighted by Crippen LogP contribution is -2.55. The Morgan fingerprint density at radius 2 is 1.70 bits per heavy atom. The van der Waals surface area contributed by atoms with Gasteiger partial charge in [0, 0.05) is 49.4 Å². The van der Waals surface area contributed by atoms with Crippen molar-refractivity contribution in [2.75, 3.05) is 32.7 Å². The van der Waals surface area contributed by atoms with Gasteiger partial charge in [0.2, 0.25) is 0 Å². The van der Waals surface area contributed by atoms with Crippen molar-refractivity contribution in [3.05, 3.63) is 108 Å². The molecule has 0 bridgehead atoms. The highest BCUT2D eigenvalue weighted by Crippen LogP contribution is 2.20. The molecule has 1 aliphatic heterocycles. The summed E-state index contributed by atoms with van der Waals surface area (Å²) in [5.74, 6) is -0.0711. The van der Waals surface area contributed by atoms with E-state index in [0.29, 0.717) is 39.3 Å². The average Bonchev–Trinajstić information content (AvgIpc) is 3.02. The van der Waals surface area contributed by atoms with Crippen LogP contribution in [0.2, 0.25) is 0 Å². The van der Waals surface area contributed by atoms with E-state index < -0.39 is 22.4 Å². The molecule has 1 aromatic heterocycles. The summed E-state index contributed by atoms with van der Waals surface area (Å²) in [6, 6.07) is 25.6. The van der Waals surface area contributed by atoms with Gasteiger partial charge in [0.15, 0.2) is 0 Å². The molecule has 5 rings (SSSR count). The van der Waals surface area contributed by atoms with Crippen molar-refractivity contribution in [1.29, 1.82) is 0 Å². The molecule has 1 aliphatic rings. The van der Waals surface area contributed by atoms with E-state index in [0.717, 1.165) is 27.9 Å². The maximum absolute atomic E-state index is 12.9. The number of carbonyl (C=O) groups excluding carboxylic acids is 1.